The lowest BCUT2D eigenvalue weighted by Gasteiger charge is -2.18. The minimum Gasteiger partial charge on any atom is -0.355 e. The summed E-state index contributed by atoms with van der Waals surface area (Å²) < 4.78 is 12.9. The highest BCUT2D eigenvalue weighted by atomic mass is 32.1. The number of nitrogens with one attached hydrogen (secondary N) is 2. The number of likely N-dealkylation sites (N-methyl/N-ethyl adjacent to an activating group) is 1. The fourth-order valence-corrected chi connectivity index (χ4v) is 3.34. The molecule has 1 heterocycles. The van der Waals surface area contributed by atoms with Crippen LogP contribution >= 0.6 is 11.3 Å². The maximum atomic E-state index is 12.9. The first-order valence-corrected chi connectivity index (χ1v) is 9.10. The van der Waals surface area contributed by atoms with E-state index in [0.717, 1.165) is 48.4 Å². The molecule has 0 saturated heterocycles. The molecule has 0 aliphatic carbocycles. The van der Waals surface area contributed by atoms with Crippen molar-refractivity contribution in [3.63, 3.8) is 0 Å². The Kier molecular flexibility index (Phi) is 7.33. The molecule has 2 aromatic rings. The number of nitrogens with zero attached hydrogens (tertiary/aromatic N) is 3. The topological polar surface area (TPSA) is 52.6 Å². The van der Waals surface area contributed by atoms with Crippen molar-refractivity contribution in [1.82, 2.24) is 20.5 Å². The predicted molar refractivity (Wildman–Crippen MR) is 103 cm³/mol. The van der Waals surface area contributed by atoms with E-state index in [1.54, 1.807) is 18.4 Å². The van der Waals surface area contributed by atoms with Gasteiger partial charge in [0.25, 0.3) is 0 Å². The first kappa shape index (κ1) is 19.3. The van der Waals surface area contributed by atoms with Crippen molar-refractivity contribution in [2.75, 3.05) is 27.2 Å². The molecule has 0 atom stereocenters. The number of benzene rings is 1. The summed E-state index contributed by atoms with van der Waals surface area (Å²) in [4.78, 5) is 12.1. The van der Waals surface area contributed by atoms with Gasteiger partial charge in [0, 0.05) is 31.6 Å². The Bertz CT molecular complexity index is 696. The second kappa shape index (κ2) is 9.48. The molecule has 0 fully saturated rings. The van der Waals surface area contributed by atoms with Gasteiger partial charge in [-0.05, 0) is 38.6 Å². The van der Waals surface area contributed by atoms with Crippen molar-refractivity contribution in [1.29, 1.82) is 0 Å². The summed E-state index contributed by atoms with van der Waals surface area (Å²) in [6, 6.07) is 6.63. The molecule has 0 radical (unpaired) electrons. The summed E-state index contributed by atoms with van der Waals surface area (Å²) in [6.45, 7) is 7.19. The standard InChI is InChI=1S/C18H26FN5S/c1-13-17(25-14(2)23-13)11-22-18(20-3)21-9-10-24(4)12-15-5-7-16(19)8-6-15/h5-8H,9-12H2,1-4H3,(H2,20,21,22). The van der Waals surface area contributed by atoms with E-state index in [-0.39, 0.29) is 5.82 Å². The SMILES string of the molecule is CN=C(NCCN(C)Cc1ccc(F)cc1)NCc1sc(C)nc1C. The van der Waals surface area contributed by atoms with E-state index >= 15 is 0 Å². The zero-order valence-corrected chi connectivity index (χ0v) is 16.1. The molecule has 7 heteroatoms. The van der Waals surface area contributed by atoms with Crippen LogP contribution in [0.15, 0.2) is 29.3 Å². The number of guanidine groups is 1. The van der Waals surface area contributed by atoms with Crippen LogP contribution in [0.25, 0.3) is 0 Å². The molecule has 1 aromatic carbocycles. The van der Waals surface area contributed by atoms with Gasteiger partial charge in [-0.25, -0.2) is 9.37 Å². The molecule has 0 saturated carbocycles. The van der Waals surface area contributed by atoms with Crippen molar-refractivity contribution in [3.05, 3.63) is 51.2 Å². The number of aliphatic imine (C=N–C) groups is 1. The largest absolute Gasteiger partial charge is 0.355 e. The van der Waals surface area contributed by atoms with E-state index in [1.165, 1.54) is 17.0 Å². The lowest BCUT2D eigenvalue weighted by Crippen LogP contribution is -2.40. The van der Waals surface area contributed by atoms with Gasteiger partial charge in [-0.15, -0.1) is 11.3 Å². The number of hydrogen-bond donors (Lipinski definition) is 2. The fraction of sp³-hybridized carbons (Fsp3) is 0.444. The van der Waals surface area contributed by atoms with Crippen molar-refractivity contribution >= 4 is 17.3 Å². The van der Waals surface area contributed by atoms with Crippen molar-refractivity contribution in [2.45, 2.75) is 26.9 Å². The lowest BCUT2D eigenvalue weighted by molar-refractivity contribution is 0.331. The molecule has 0 unspecified atom stereocenters. The highest BCUT2D eigenvalue weighted by Gasteiger charge is 2.06. The molecule has 0 bridgehead atoms. The van der Waals surface area contributed by atoms with Crippen LogP contribution < -0.4 is 10.6 Å². The summed E-state index contributed by atoms with van der Waals surface area (Å²) in [6.07, 6.45) is 0. The van der Waals surface area contributed by atoms with Gasteiger partial charge >= 0.3 is 0 Å². The highest BCUT2D eigenvalue weighted by molar-refractivity contribution is 7.11. The van der Waals surface area contributed by atoms with Crippen molar-refractivity contribution in [3.8, 4) is 0 Å². The first-order valence-electron chi connectivity index (χ1n) is 8.28. The predicted octanol–water partition coefficient (Wildman–Crippen LogP) is 2.70. The minimum absolute atomic E-state index is 0.200. The number of hydrogen-bond acceptors (Lipinski definition) is 4. The third-order valence-corrected chi connectivity index (χ3v) is 4.86. The van der Waals surface area contributed by atoms with Crippen molar-refractivity contribution < 1.29 is 4.39 Å². The van der Waals surface area contributed by atoms with E-state index in [0.29, 0.717) is 0 Å². The first-order chi connectivity index (χ1) is 12.0. The van der Waals surface area contributed by atoms with Crippen LogP contribution in [0.3, 0.4) is 0 Å². The van der Waals surface area contributed by atoms with Gasteiger partial charge in [-0.1, -0.05) is 12.1 Å². The molecule has 25 heavy (non-hydrogen) atoms. The number of thiazole rings is 1. The van der Waals surface area contributed by atoms with Crippen molar-refractivity contribution in [2.24, 2.45) is 4.99 Å². The quantitative estimate of drug-likeness (QED) is 0.587. The Labute approximate surface area is 153 Å². The van der Waals surface area contributed by atoms with Crippen LogP contribution in [-0.4, -0.2) is 43.0 Å². The summed E-state index contributed by atoms with van der Waals surface area (Å²) >= 11 is 1.71. The molecule has 2 N–H and O–H groups in total. The Hall–Kier alpha value is -1.99. The van der Waals surface area contributed by atoms with Gasteiger partial charge in [0.2, 0.25) is 0 Å². The second-order valence-electron chi connectivity index (χ2n) is 5.96. The van der Waals surface area contributed by atoms with E-state index in [9.17, 15) is 4.39 Å². The van der Waals surface area contributed by atoms with E-state index < -0.39 is 0 Å². The number of rotatable bonds is 7. The number of aromatic nitrogens is 1. The van der Waals surface area contributed by atoms with Gasteiger partial charge in [0.15, 0.2) is 5.96 Å². The number of aryl methyl sites for hydroxylation is 2. The van der Waals surface area contributed by atoms with E-state index in [1.807, 2.05) is 33.0 Å². The van der Waals surface area contributed by atoms with Gasteiger partial charge in [0.1, 0.15) is 5.82 Å². The third-order valence-electron chi connectivity index (χ3n) is 3.79. The summed E-state index contributed by atoms with van der Waals surface area (Å²) in [5, 5.41) is 7.71. The summed E-state index contributed by atoms with van der Waals surface area (Å²) in [5.41, 5.74) is 2.17. The summed E-state index contributed by atoms with van der Waals surface area (Å²) in [5.74, 6) is 0.579. The maximum absolute atomic E-state index is 12.9. The van der Waals surface area contributed by atoms with E-state index in [4.69, 9.17) is 0 Å². The fourth-order valence-electron chi connectivity index (χ4n) is 2.47. The van der Waals surface area contributed by atoms with Gasteiger partial charge < -0.3 is 15.5 Å². The zero-order chi connectivity index (χ0) is 18.2. The molecule has 0 aliphatic heterocycles. The molecule has 136 valence electrons. The smallest absolute Gasteiger partial charge is 0.191 e. The highest BCUT2D eigenvalue weighted by Crippen LogP contribution is 2.16. The number of halogens is 1. The maximum Gasteiger partial charge on any atom is 0.191 e. The molecular formula is C18H26FN5S. The Morgan fingerprint density at radius 3 is 2.56 bits per heavy atom. The Balaban J connectivity index is 1.71. The van der Waals surface area contributed by atoms with Crippen LogP contribution in [0.5, 0.6) is 0 Å². The Morgan fingerprint density at radius 1 is 1.24 bits per heavy atom. The van der Waals surface area contributed by atoms with Crippen LogP contribution in [0.1, 0.15) is 21.1 Å². The minimum atomic E-state index is -0.200. The van der Waals surface area contributed by atoms with Crippen LogP contribution in [0.4, 0.5) is 4.39 Å². The molecule has 0 aliphatic rings. The van der Waals surface area contributed by atoms with Gasteiger partial charge in [-0.3, -0.25) is 4.99 Å². The van der Waals surface area contributed by atoms with Crippen LogP contribution in [-0.2, 0) is 13.1 Å². The average molecular weight is 364 g/mol. The summed E-state index contributed by atoms with van der Waals surface area (Å²) in [7, 11) is 3.81. The molecule has 5 nitrogen and oxygen atoms in total. The zero-order valence-electron chi connectivity index (χ0n) is 15.3. The molecular weight excluding hydrogens is 337 g/mol. The van der Waals surface area contributed by atoms with Crippen LogP contribution in [0.2, 0.25) is 0 Å². The monoisotopic (exact) mass is 363 g/mol. The van der Waals surface area contributed by atoms with E-state index in [2.05, 4.69) is 25.5 Å². The average Bonchev–Trinajstić information content (AvgIpc) is 2.90. The molecule has 2 rings (SSSR count). The molecule has 0 amide bonds. The molecule has 0 spiro atoms. The van der Waals surface area contributed by atoms with Gasteiger partial charge in [0.05, 0.1) is 17.2 Å². The second-order valence-corrected chi connectivity index (χ2v) is 7.25. The lowest BCUT2D eigenvalue weighted by atomic mass is 10.2. The molecule has 1 aromatic heterocycles. The third kappa shape index (κ3) is 6.43. The van der Waals surface area contributed by atoms with Gasteiger partial charge in [-0.2, -0.15) is 0 Å². The Morgan fingerprint density at radius 2 is 1.96 bits per heavy atom. The van der Waals surface area contributed by atoms with Crippen LogP contribution in [0, 0.1) is 19.7 Å². The normalized spacial score (nSPS) is 11.8.